The van der Waals surface area contributed by atoms with Crippen molar-refractivity contribution in [3.05, 3.63) is 76.9 Å². The quantitative estimate of drug-likeness (QED) is 0.715. The van der Waals surface area contributed by atoms with E-state index in [0.29, 0.717) is 11.1 Å². The van der Waals surface area contributed by atoms with E-state index < -0.39 is 11.7 Å². The Balaban J connectivity index is 2.43. The van der Waals surface area contributed by atoms with Crippen molar-refractivity contribution < 1.29 is 13.2 Å². The zero-order valence-electron chi connectivity index (χ0n) is 11.3. The molecule has 0 aliphatic carbocycles. The van der Waals surface area contributed by atoms with Gasteiger partial charge < -0.3 is 0 Å². The Morgan fingerprint density at radius 3 is 1.86 bits per heavy atom. The molecule has 0 aliphatic heterocycles. The Hall–Kier alpha value is -2.54. The van der Waals surface area contributed by atoms with Gasteiger partial charge in [-0.15, -0.1) is 0 Å². The molecule has 106 valence electrons. The third-order valence-electron chi connectivity index (χ3n) is 3.09. The first-order valence-electron chi connectivity index (χ1n) is 6.26. The summed E-state index contributed by atoms with van der Waals surface area (Å²) in [6.07, 6.45) is -3.02. The van der Waals surface area contributed by atoms with Gasteiger partial charge in [0, 0.05) is 6.08 Å². The highest BCUT2D eigenvalue weighted by molar-refractivity contribution is 5.81. The molecule has 2 rings (SSSR count). The Kier molecular flexibility index (Phi) is 4.13. The van der Waals surface area contributed by atoms with Gasteiger partial charge in [0.1, 0.15) is 0 Å². The van der Waals surface area contributed by atoms with Crippen molar-refractivity contribution in [1.82, 2.24) is 0 Å². The van der Waals surface area contributed by atoms with Crippen LogP contribution in [0.4, 0.5) is 13.2 Å². The monoisotopic (exact) mass is 287 g/mol. The largest absolute Gasteiger partial charge is 0.416 e. The molecule has 4 heteroatoms. The van der Waals surface area contributed by atoms with E-state index in [1.54, 1.807) is 0 Å². The highest BCUT2D eigenvalue weighted by Gasteiger charge is 2.30. The SMILES string of the molecule is Cc1ccc(C(=CC#N)c2ccc(C(F)(F)F)cc2)cc1. The number of allylic oxidation sites excluding steroid dienone is 1. The first-order chi connectivity index (χ1) is 9.91. The molecule has 2 aromatic carbocycles. The summed E-state index contributed by atoms with van der Waals surface area (Å²) in [6.45, 7) is 1.94. The van der Waals surface area contributed by atoms with Crippen LogP contribution in [-0.4, -0.2) is 0 Å². The lowest BCUT2D eigenvalue weighted by Gasteiger charge is -2.10. The van der Waals surface area contributed by atoms with Crippen molar-refractivity contribution in [1.29, 1.82) is 5.26 Å². The van der Waals surface area contributed by atoms with Crippen molar-refractivity contribution in [3.63, 3.8) is 0 Å². The highest BCUT2D eigenvalue weighted by atomic mass is 19.4. The fourth-order valence-electron chi connectivity index (χ4n) is 1.97. The average Bonchev–Trinajstić information content (AvgIpc) is 2.45. The fourth-order valence-corrected chi connectivity index (χ4v) is 1.97. The summed E-state index contributed by atoms with van der Waals surface area (Å²) in [6, 6.07) is 14.2. The zero-order valence-corrected chi connectivity index (χ0v) is 11.3. The van der Waals surface area contributed by atoms with E-state index in [4.69, 9.17) is 5.26 Å². The molecular formula is C17H12F3N. The van der Waals surface area contributed by atoms with Gasteiger partial charge in [0.2, 0.25) is 0 Å². The van der Waals surface area contributed by atoms with E-state index in [9.17, 15) is 13.2 Å². The van der Waals surface area contributed by atoms with E-state index in [0.717, 1.165) is 23.3 Å². The second kappa shape index (κ2) is 5.84. The Labute approximate surface area is 121 Å². The number of halogens is 3. The van der Waals surface area contributed by atoms with Gasteiger partial charge in [0.25, 0.3) is 0 Å². The third-order valence-corrected chi connectivity index (χ3v) is 3.09. The second-order valence-electron chi connectivity index (χ2n) is 4.63. The van der Waals surface area contributed by atoms with Crippen LogP contribution in [0.25, 0.3) is 5.57 Å². The molecule has 0 unspecified atom stereocenters. The molecule has 0 fully saturated rings. The predicted octanol–water partition coefficient (Wildman–Crippen LogP) is 4.97. The first-order valence-corrected chi connectivity index (χ1v) is 6.26. The van der Waals surface area contributed by atoms with Gasteiger partial charge in [-0.3, -0.25) is 0 Å². The van der Waals surface area contributed by atoms with E-state index in [1.165, 1.54) is 18.2 Å². The number of rotatable bonds is 2. The molecule has 0 heterocycles. The highest BCUT2D eigenvalue weighted by Crippen LogP contribution is 2.31. The van der Waals surface area contributed by atoms with Crippen LogP contribution in [0, 0.1) is 18.3 Å². The number of nitrogens with zero attached hydrogens (tertiary/aromatic N) is 1. The molecule has 0 saturated heterocycles. The Morgan fingerprint density at radius 1 is 0.952 bits per heavy atom. The minimum atomic E-state index is -4.36. The number of hydrogen-bond acceptors (Lipinski definition) is 1. The Morgan fingerprint density at radius 2 is 1.43 bits per heavy atom. The predicted molar refractivity (Wildman–Crippen MR) is 75.3 cm³/mol. The van der Waals surface area contributed by atoms with Crippen molar-refractivity contribution in [3.8, 4) is 6.07 Å². The molecule has 2 aromatic rings. The van der Waals surface area contributed by atoms with Crippen molar-refractivity contribution in [2.24, 2.45) is 0 Å². The van der Waals surface area contributed by atoms with Gasteiger partial charge in [-0.1, -0.05) is 42.0 Å². The van der Waals surface area contributed by atoms with Crippen LogP contribution >= 0.6 is 0 Å². The van der Waals surface area contributed by atoms with Crippen LogP contribution in [0.15, 0.2) is 54.6 Å². The molecule has 0 aromatic heterocycles. The van der Waals surface area contributed by atoms with E-state index >= 15 is 0 Å². The van der Waals surface area contributed by atoms with Gasteiger partial charge in [0.05, 0.1) is 11.6 Å². The smallest absolute Gasteiger partial charge is 0.193 e. The van der Waals surface area contributed by atoms with Crippen LogP contribution in [0.1, 0.15) is 22.3 Å². The van der Waals surface area contributed by atoms with Gasteiger partial charge in [-0.25, -0.2) is 0 Å². The molecule has 0 N–H and O–H groups in total. The number of benzene rings is 2. The number of hydrogen-bond donors (Lipinski definition) is 0. The van der Waals surface area contributed by atoms with Crippen LogP contribution in [0.5, 0.6) is 0 Å². The minimum Gasteiger partial charge on any atom is -0.193 e. The summed E-state index contributed by atoms with van der Waals surface area (Å²) in [5.41, 5.74) is 2.34. The molecule has 0 atom stereocenters. The van der Waals surface area contributed by atoms with Crippen LogP contribution in [0.3, 0.4) is 0 Å². The summed E-state index contributed by atoms with van der Waals surface area (Å²) in [5.74, 6) is 0. The van der Waals surface area contributed by atoms with Crippen LogP contribution in [-0.2, 0) is 6.18 Å². The molecule has 1 nitrogen and oxygen atoms in total. The van der Waals surface area contributed by atoms with Crippen molar-refractivity contribution in [2.45, 2.75) is 13.1 Å². The molecule has 0 bridgehead atoms. The van der Waals surface area contributed by atoms with E-state index in [2.05, 4.69) is 0 Å². The average molecular weight is 287 g/mol. The molecule has 0 amide bonds. The van der Waals surface area contributed by atoms with E-state index in [-0.39, 0.29) is 0 Å². The number of alkyl halides is 3. The maximum Gasteiger partial charge on any atom is 0.416 e. The van der Waals surface area contributed by atoms with Crippen molar-refractivity contribution >= 4 is 5.57 Å². The van der Waals surface area contributed by atoms with Crippen LogP contribution < -0.4 is 0 Å². The molecule has 0 radical (unpaired) electrons. The molecule has 21 heavy (non-hydrogen) atoms. The number of aryl methyl sites for hydroxylation is 1. The van der Waals surface area contributed by atoms with Gasteiger partial charge >= 0.3 is 6.18 Å². The Bertz CT molecular complexity index is 687. The maximum atomic E-state index is 12.6. The molecule has 0 saturated carbocycles. The van der Waals surface area contributed by atoms with E-state index in [1.807, 2.05) is 37.3 Å². The lowest BCUT2D eigenvalue weighted by atomic mass is 9.96. The fraction of sp³-hybridized carbons (Fsp3) is 0.118. The van der Waals surface area contributed by atoms with Crippen LogP contribution in [0.2, 0.25) is 0 Å². The summed E-state index contributed by atoms with van der Waals surface area (Å²) < 4.78 is 37.7. The molecular weight excluding hydrogens is 275 g/mol. The maximum absolute atomic E-state index is 12.6. The second-order valence-corrected chi connectivity index (χ2v) is 4.63. The summed E-state index contributed by atoms with van der Waals surface area (Å²) >= 11 is 0. The molecule has 0 aliphatic rings. The topological polar surface area (TPSA) is 23.8 Å². The molecule has 0 spiro atoms. The lowest BCUT2D eigenvalue weighted by Crippen LogP contribution is -2.04. The first kappa shape index (κ1) is 14.9. The number of nitriles is 1. The van der Waals surface area contributed by atoms with Crippen molar-refractivity contribution in [2.75, 3.05) is 0 Å². The summed E-state index contributed by atoms with van der Waals surface area (Å²) in [4.78, 5) is 0. The summed E-state index contributed by atoms with van der Waals surface area (Å²) in [5, 5.41) is 8.89. The minimum absolute atomic E-state index is 0.577. The zero-order chi connectivity index (χ0) is 15.5. The normalized spacial score (nSPS) is 12.0. The lowest BCUT2D eigenvalue weighted by molar-refractivity contribution is -0.137. The van der Waals surface area contributed by atoms with Gasteiger partial charge in [-0.05, 0) is 35.8 Å². The third kappa shape index (κ3) is 3.51. The summed E-state index contributed by atoms with van der Waals surface area (Å²) in [7, 11) is 0. The van der Waals surface area contributed by atoms with Gasteiger partial charge in [-0.2, -0.15) is 18.4 Å². The van der Waals surface area contributed by atoms with Gasteiger partial charge in [0.15, 0.2) is 0 Å². The standard InChI is InChI=1S/C17H12F3N/c1-12-2-4-13(5-3-12)16(10-11-21)14-6-8-15(9-7-14)17(18,19)20/h2-10H,1H3.